The molecule has 0 bridgehead atoms. The lowest BCUT2D eigenvalue weighted by Gasteiger charge is -2.50. The van der Waals surface area contributed by atoms with Crippen LogP contribution in [0.15, 0.2) is 73.0 Å². The summed E-state index contributed by atoms with van der Waals surface area (Å²) in [6.07, 6.45) is -0.718. The highest BCUT2D eigenvalue weighted by Gasteiger charge is 2.51. The van der Waals surface area contributed by atoms with Crippen molar-refractivity contribution in [2.75, 3.05) is 27.6 Å². The minimum Gasteiger partial charge on any atom is -0.502 e. The highest BCUT2D eigenvalue weighted by atomic mass is 28.4. The van der Waals surface area contributed by atoms with Crippen LogP contribution >= 0.6 is 0 Å². The molecule has 1 aliphatic heterocycles. The Bertz CT molecular complexity index is 1020. The Morgan fingerprint density at radius 1 is 0.829 bits per heavy atom. The van der Waals surface area contributed by atoms with E-state index >= 15 is 0 Å². The molecule has 1 heterocycles. The van der Waals surface area contributed by atoms with Crippen LogP contribution in [0, 0.1) is 0 Å². The molecule has 2 aromatic carbocycles. The van der Waals surface area contributed by atoms with Crippen LogP contribution < -0.4 is 0 Å². The van der Waals surface area contributed by atoms with Gasteiger partial charge in [0.25, 0.3) is 0 Å². The van der Waals surface area contributed by atoms with Gasteiger partial charge in [-0.25, -0.2) is 0 Å². The van der Waals surface area contributed by atoms with Gasteiger partial charge in [0.1, 0.15) is 25.1 Å². The summed E-state index contributed by atoms with van der Waals surface area (Å²) >= 11 is 0. The summed E-state index contributed by atoms with van der Waals surface area (Å²) in [5.74, 6) is 0.638. The van der Waals surface area contributed by atoms with Crippen LogP contribution in [0.3, 0.4) is 0 Å². The van der Waals surface area contributed by atoms with Crippen molar-refractivity contribution in [3.05, 3.63) is 84.1 Å². The summed E-state index contributed by atoms with van der Waals surface area (Å²) in [6.45, 7) is 16.9. The molecule has 0 radical (unpaired) electrons. The van der Waals surface area contributed by atoms with Crippen molar-refractivity contribution in [1.29, 1.82) is 0 Å². The van der Waals surface area contributed by atoms with Crippen molar-refractivity contribution in [2.45, 2.75) is 95.5 Å². The van der Waals surface area contributed by atoms with Gasteiger partial charge in [0, 0.05) is 13.5 Å². The maximum atomic E-state index is 7.14. The highest BCUT2D eigenvalue weighted by molar-refractivity contribution is 6.74. The first-order valence-electron chi connectivity index (χ1n) is 14.5. The Kier molecular flexibility index (Phi) is 13.0. The van der Waals surface area contributed by atoms with Crippen molar-refractivity contribution in [3.8, 4) is 0 Å². The molecule has 0 amide bonds. The normalized spacial score (nSPS) is 23.3. The van der Waals surface area contributed by atoms with E-state index in [1.807, 2.05) is 36.4 Å². The van der Waals surface area contributed by atoms with Crippen LogP contribution in [0.2, 0.25) is 18.1 Å². The molecule has 3 rings (SSSR count). The average Bonchev–Trinajstić information content (AvgIpc) is 2.95. The molecular weight excluding hydrogens is 536 g/mol. The zero-order chi connectivity index (χ0) is 29.9. The van der Waals surface area contributed by atoms with Gasteiger partial charge in [0.05, 0.1) is 44.9 Å². The molecular formula is C33H50O7Si. The number of benzene rings is 2. The quantitative estimate of drug-likeness (QED) is 0.0920. The maximum absolute atomic E-state index is 7.14. The molecule has 0 saturated carbocycles. The van der Waals surface area contributed by atoms with E-state index in [9.17, 15) is 0 Å². The topological polar surface area (TPSA) is 64.6 Å². The van der Waals surface area contributed by atoms with Gasteiger partial charge in [-0.1, -0.05) is 88.0 Å². The summed E-state index contributed by atoms with van der Waals surface area (Å²) in [6, 6.07) is 20.4. The van der Waals surface area contributed by atoms with Gasteiger partial charge in [0.15, 0.2) is 8.32 Å². The Morgan fingerprint density at radius 2 is 1.39 bits per heavy atom. The average molecular weight is 587 g/mol. The Labute approximate surface area is 248 Å². The highest BCUT2D eigenvalue weighted by Crippen LogP contribution is 2.41. The van der Waals surface area contributed by atoms with Crippen molar-refractivity contribution < 1.29 is 32.8 Å². The lowest BCUT2D eigenvalue weighted by molar-refractivity contribution is -0.252. The third-order valence-electron chi connectivity index (χ3n) is 8.00. The molecule has 0 N–H and O–H groups in total. The van der Waals surface area contributed by atoms with E-state index in [1.165, 1.54) is 0 Å². The van der Waals surface area contributed by atoms with E-state index in [4.69, 9.17) is 32.8 Å². The van der Waals surface area contributed by atoms with E-state index in [2.05, 4.69) is 64.7 Å². The summed E-state index contributed by atoms with van der Waals surface area (Å²) < 4.78 is 43.8. The molecule has 7 nitrogen and oxygen atoms in total. The maximum Gasteiger partial charge on any atom is 0.192 e. The monoisotopic (exact) mass is 586 g/mol. The second-order valence-corrected chi connectivity index (χ2v) is 16.9. The number of hydrogen-bond acceptors (Lipinski definition) is 7. The third-order valence-corrected chi connectivity index (χ3v) is 12.5. The largest absolute Gasteiger partial charge is 0.502 e. The molecule has 8 heteroatoms. The second-order valence-electron chi connectivity index (χ2n) is 12.1. The van der Waals surface area contributed by atoms with Crippen molar-refractivity contribution in [2.24, 2.45) is 0 Å². The molecule has 5 atom stereocenters. The SMILES string of the molecule is C=C(C[C@H]1O[C@@H](CCOCOC)[C@H](OCc2ccccc2)[C@@H](OCc2ccccc2)[C@@H]1O[Si](C)(C)C(C)(C)C)OC. The minimum absolute atomic E-state index is 0.00890. The predicted octanol–water partition coefficient (Wildman–Crippen LogP) is 6.88. The lowest BCUT2D eigenvalue weighted by atomic mass is 9.91. The molecule has 1 fully saturated rings. The van der Waals surface area contributed by atoms with Gasteiger partial charge < -0.3 is 32.8 Å². The molecule has 1 saturated heterocycles. The Balaban J connectivity index is 2.00. The Hall–Kier alpha value is -2.04. The van der Waals surface area contributed by atoms with Crippen molar-refractivity contribution in [3.63, 3.8) is 0 Å². The van der Waals surface area contributed by atoms with Gasteiger partial charge in [-0.15, -0.1) is 0 Å². The van der Waals surface area contributed by atoms with E-state index in [0.717, 1.165) is 11.1 Å². The molecule has 0 aliphatic carbocycles. The molecule has 0 aromatic heterocycles. The predicted molar refractivity (Wildman–Crippen MR) is 164 cm³/mol. The summed E-state index contributed by atoms with van der Waals surface area (Å²) in [7, 11) is 1.01. The first-order chi connectivity index (χ1) is 19.6. The number of ether oxygens (including phenoxy) is 6. The zero-order valence-corrected chi connectivity index (χ0v) is 27.0. The molecule has 1 aliphatic rings. The van der Waals surface area contributed by atoms with Crippen LogP contribution in [0.1, 0.15) is 44.7 Å². The smallest absolute Gasteiger partial charge is 0.192 e. The van der Waals surface area contributed by atoms with Crippen LogP contribution in [0.4, 0.5) is 0 Å². The van der Waals surface area contributed by atoms with Crippen molar-refractivity contribution >= 4 is 8.32 Å². The summed E-state index contributed by atoms with van der Waals surface area (Å²) in [4.78, 5) is 0. The van der Waals surface area contributed by atoms with Crippen LogP contribution in [-0.2, 0) is 46.1 Å². The first-order valence-corrected chi connectivity index (χ1v) is 17.4. The molecule has 0 unspecified atom stereocenters. The molecule has 0 spiro atoms. The first kappa shape index (κ1) is 33.5. The zero-order valence-electron chi connectivity index (χ0n) is 26.0. The molecule has 2 aromatic rings. The lowest BCUT2D eigenvalue weighted by Crippen LogP contribution is -2.63. The van der Waals surface area contributed by atoms with Crippen LogP contribution in [0.5, 0.6) is 0 Å². The third kappa shape index (κ3) is 10.0. The van der Waals surface area contributed by atoms with E-state index < -0.39 is 20.5 Å². The standard InChI is InChI=1S/C33H50O7Si/c1-25(35-6)21-29-31(40-41(7,8)33(2,3)4)32(38-23-27-17-13-10-14-18-27)30(28(39-29)19-20-36-24-34-5)37-22-26-15-11-9-12-16-26/h9-18,28-32H,1,19-24H2,2-8H3/t28-,29+,30-,31+,32+/m0/s1. The van der Waals surface area contributed by atoms with Crippen LogP contribution in [0.25, 0.3) is 0 Å². The van der Waals surface area contributed by atoms with E-state index in [-0.39, 0.29) is 30.1 Å². The number of rotatable bonds is 16. The number of methoxy groups -OCH3 is 2. The van der Waals surface area contributed by atoms with E-state index in [0.29, 0.717) is 38.4 Å². The van der Waals surface area contributed by atoms with Gasteiger partial charge >= 0.3 is 0 Å². The fourth-order valence-corrected chi connectivity index (χ4v) is 5.94. The summed E-state index contributed by atoms with van der Waals surface area (Å²) in [5.41, 5.74) is 2.17. The minimum atomic E-state index is -2.25. The van der Waals surface area contributed by atoms with E-state index in [1.54, 1.807) is 14.2 Å². The number of hydrogen-bond donors (Lipinski definition) is 0. The second kappa shape index (κ2) is 16.0. The van der Waals surface area contributed by atoms with Gasteiger partial charge in [-0.05, 0) is 35.7 Å². The summed E-state index contributed by atoms with van der Waals surface area (Å²) in [5, 5.41) is -0.00890. The molecule has 228 valence electrons. The van der Waals surface area contributed by atoms with Crippen molar-refractivity contribution in [1.82, 2.24) is 0 Å². The van der Waals surface area contributed by atoms with Crippen LogP contribution in [-0.4, -0.2) is 66.5 Å². The Morgan fingerprint density at radius 3 is 1.90 bits per heavy atom. The fraction of sp³-hybridized carbons (Fsp3) is 0.576. The van der Waals surface area contributed by atoms with Gasteiger partial charge in [-0.2, -0.15) is 0 Å². The van der Waals surface area contributed by atoms with Gasteiger partial charge in [0.2, 0.25) is 0 Å². The molecule has 41 heavy (non-hydrogen) atoms. The fourth-order valence-electron chi connectivity index (χ4n) is 4.62. The van der Waals surface area contributed by atoms with Gasteiger partial charge in [-0.3, -0.25) is 0 Å².